The Bertz CT molecular complexity index is 590. The molecule has 0 N–H and O–H groups in total. The van der Waals surface area contributed by atoms with Crippen LogP contribution in [0.1, 0.15) is 30.8 Å². The summed E-state index contributed by atoms with van der Waals surface area (Å²) in [5.74, 6) is 1.03. The van der Waals surface area contributed by atoms with Gasteiger partial charge in [-0.05, 0) is 31.4 Å². The SMILES string of the molecule is Cc1nc(SCc2ccccc2F)n(CC(C)C)c1C. The van der Waals surface area contributed by atoms with Crippen LogP contribution in [0.3, 0.4) is 0 Å². The summed E-state index contributed by atoms with van der Waals surface area (Å²) in [4.78, 5) is 4.61. The van der Waals surface area contributed by atoms with Crippen LogP contribution in [0.4, 0.5) is 4.39 Å². The maximum absolute atomic E-state index is 13.6. The zero-order valence-electron chi connectivity index (χ0n) is 12.5. The molecule has 0 amide bonds. The number of nitrogens with zero attached hydrogens (tertiary/aromatic N) is 2. The molecule has 0 fully saturated rings. The third-order valence-corrected chi connectivity index (χ3v) is 4.31. The van der Waals surface area contributed by atoms with Crippen LogP contribution in [0.2, 0.25) is 0 Å². The van der Waals surface area contributed by atoms with E-state index in [2.05, 4.69) is 30.3 Å². The van der Waals surface area contributed by atoms with Gasteiger partial charge in [0.15, 0.2) is 5.16 Å². The molecule has 108 valence electrons. The van der Waals surface area contributed by atoms with Crippen LogP contribution in [-0.4, -0.2) is 9.55 Å². The van der Waals surface area contributed by atoms with E-state index in [1.807, 2.05) is 19.1 Å². The smallest absolute Gasteiger partial charge is 0.168 e. The van der Waals surface area contributed by atoms with Crippen molar-refractivity contribution in [2.24, 2.45) is 5.92 Å². The summed E-state index contributed by atoms with van der Waals surface area (Å²) < 4.78 is 15.9. The zero-order valence-corrected chi connectivity index (χ0v) is 13.3. The molecular formula is C16H21FN2S. The van der Waals surface area contributed by atoms with Gasteiger partial charge in [-0.25, -0.2) is 9.37 Å². The molecular weight excluding hydrogens is 271 g/mol. The van der Waals surface area contributed by atoms with E-state index < -0.39 is 0 Å². The number of rotatable bonds is 5. The quantitative estimate of drug-likeness (QED) is 0.750. The van der Waals surface area contributed by atoms with E-state index in [0.29, 0.717) is 11.7 Å². The van der Waals surface area contributed by atoms with E-state index in [1.165, 1.54) is 11.8 Å². The van der Waals surface area contributed by atoms with Crippen molar-refractivity contribution in [3.05, 3.63) is 47.0 Å². The van der Waals surface area contributed by atoms with Crippen LogP contribution in [0.15, 0.2) is 29.4 Å². The molecule has 2 nitrogen and oxygen atoms in total. The normalized spacial score (nSPS) is 11.3. The summed E-state index contributed by atoms with van der Waals surface area (Å²) >= 11 is 1.60. The highest BCUT2D eigenvalue weighted by Gasteiger charge is 2.13. The number of hydrogen-bond acceptors (Lipinski definition) is 2. The number of halogens is 1. The van der Waals surface area contributed by atoms with Gasteiger partial charge < -0.3 is 4.57 Å². The number of aromatic nitrogens is 2. The first-order valence-electron chi connectivity index (χ1n) is 6.89. The summed E-state index contributed by atoms with van der Waals surface area (Å²) in [5, 5.41) is 0.983. The number of hydrogen-bond donors (Lipinski definition) is 0. The van der Waals surface area contributed by atoms with Crippen molar-refractivity contribution in [2.75, 3.05) is 0 Å². The van der Waals surface area contributed by atoms with E-state index in [0.717, 1.165) is 23.0 Å². The van der Waals surface area contributed by atoms with E-state index in [1.54, 1.807) is 17.8 Å². The zero-order chi connectivity index (χ0) is 14.7. The third-order valence-electron chi connectivity index (χ3n) is 3.29. The Labute approximate surface area is 124 Å². The predicted molar refractivity (Wildman–Crippen MR) is 82.5 cm³/mol. The maximum Gasteiger partial charge on any atom is 0.168 e. The lowest BCUT2D eigenvalue weighted by atomic mass is 10.2. The predicted octanol–water partition coefficient (Wildman–Crippen LogP) is 4.59. The fraction of sp³-hybridized carbons (Fsp3) is 0.438. The fourth-order valence-electron chi connectivity index (χ4n) is 2.07. The Morgan fingerprint density at radius 1 is 1.25 bits per heavy atom. The molecule has 1 aromatic carbocycles. The number of aryl methyl sites for hydroxylation is 1. The van der Waals surface area contributed by atoms with E-state index in [4.69, 9.17) is 0 Å². The van der Waals surface area contributed by atoms with Gasteiger partial charge in [-0.15, -0.1) is 0 Å². The minimum absolute atomic E-state index is 0.143. The average molecular weight is 292 g/mol. The van der Waals surface area contributed by atoms with Crippen LogP contribution < -0.4 is 0 Å². The van der Waals surface area contributed by atoms with Crippen LogP contribution in [0.5, 0.6) is 0 Å². The van der Waals surface area contributed by atoms with Crippen molar-refractivity contribution in [1.29, 1.82) is 0 Å². The van der Waals surface area contributed by atoms with Gasteiger partial charge in [0.1, 0.15) is 5.82 Å². The van der Waals surface area contributed by atoms with E-state index in [-0.39, 0.29) is 5.82 Å². The van der Waals surface area contributed by atoms with Gasteiger partial charge in [0.25, 0.3) is 0 Å². The summed E-state index contributed by atoms with van der Waals surface area (Å²) in [6.45, 7) is 9.46. The lowest BCUT2D eigenvalue weighted by Gasteiger charge is -2.12. The lowest BCUT2D eigenvalue weighted by molar-refractivity contribution is 0.486. The van der Waals surface area contributed by atoms with Crippen LogP contribution in [-0.2, 0) is 12.3 Å². The molecule has 4 heteroatoms. The van der Waals surface area contributed by atoms with Gasteiger partial charge in [0.2, 0.25) is 0 Å². The topological polar surface area (TPSA) is 17.8 Å². The number of thioether (sulfide) groups is 1. The monoisotopic (exact) mass is 292 g/mol. The molecule has 2 aromatic rings. The Kier molecular flexibility index (Phi) is 4.86. The molecule has 0 saturated carbocycles. The standard InChI is InChI=1S/C16H21FN2S/c1-11(2)9-19-13(4)12(3)18-16(19)20-10-14-7-5-6-8-15(14)17/h5-8,11H,9-10H2,1-4H3. The van der Waals surface area contributed by atoms with Gasteiger partial charge in [-0.2, -0.15) is 0 Å². The largest absolute Gasteiger partial charge is 0.323 e. The summed E-state index contributed by atoms with van der Waals surface area (Å²) in [6.07, 6.45) is 0. The van der Waals surface area contributed by atoms with Gasteiger partial charge in [0, 0.05) is 18.0 Å². The van der Waals surface area contributed by atoms with Gasteiger partial charge >= 0.3 is 0 Å². The Morgan fingerprint density at radius 3 is 2.60 bits per heavy atom. The molecule has 0 aliphatic heterocycles. The number of imidazole rings is 1. The van der Waals surface area contributed by atoms with E-state index in [9.17, 15) is 4.39 Å². The van der Waals surface area contributed by atoms with Gasteiger partial charge in [0.05, 0.1) is 5.69 Å². The fourth-order valence-corrected chi connectivity index (χ4v) is 3.16. The summed E-state index contributed by atoms with van der Waals surface area (Å²) in [5.41, 5.74) is 2.99. The molecule has 2 rings (SSSR count). The Hall–Kier alpha value is -1.29. The van der Waals surface area contributed by atoms with Crippen LogP contribution >= 0.6 is 11.8 Å². The van der Waals surface area contributed by atoms with Crippen molar-refractivity contribution >= 4 is 11.8 Å². The Morgan fingerprint density at radius 2 is 1.95 bits per heavy atom. The first-order valence-corrected chi connectivity index (χ1v) is 7.87. The third kappa shape index (κ3) is 3.42. The second kappa shape index (κ2) is 6.44. The minimum atomic E-state index is -0.143. The highest BCUT2D eigenvalue weighted by Crippen LogP contribution is 2.26. The molecule has 0 radical (unpaired) electrons. The molecule has 0 unspecified atom stereocenters. The minimum Gasteiger partial charge on any atom is -0.323 e. The average Bonchev–Trinajstić information content (AvgIpc) is 2.65. The summed E-state index contributed by atoms with van der Waals surface area (Å²) in [6, 6.07) is 6.93. The number of benzene rings is 1. The molecule has 0 spiro atoms. The van der Waals surface area contributed by atoms with Crippen molar-refractivity contribution in [1.82, 2.24) is 9.55 Å². The molecule has 0 bridgehead atoms. The second-order valence-electron chi connectivity index (χ2n) is 5.45. The first kappa shape index (κ1) is 15.1. The Balaban J connectivity index is 2.17. The molecule has 1 heterocycles. The maximum atomic E-state index is 13.6. The molecule has 1 aromatic heterocycles. The van der Waals surface area contributed by atoms with Crippen molar-refractivity contribution in [2.45, 2.75) is 45.1 Å². The molecule has 20 heavy (non-hydrogen) atoms. The first-order chi connectivity index (χ1) is 9.49. The van der Waals surface area contributed by atoms with Crippen LogP contribution in [0, 0.1) is 25.6 Å². The molecule has 0 aliphatic rings. The molecule has 0 saturated heterocycles. The highest BCUT2D eigenvalue weighted by atomic mass is 32.2. The molecule has 0 aliphatic carbocycles. The second-order valence-corrected chi connectivity index (χ2v) is 6.39. The van der Waals surface area contributed by atoms with Gasteiger partial charge in [-0.1, -0.05) is 43.8 Å². The van der Waals surface area contributed by atoms with E-state index >= 15 is 0 Å². The van der Waals surface area contributed by atoms with Crippen molar-refractivity contribution < 1.29 is 4.39 Å². The summed E-state index contributed by atoms with van der Waals surface area (Å²) in [7, 11) is 0. The highest BCUT2D eigenvalue weighted by molar-refractivity contribution is 7.98. The van der Waals surface area contributed by atoms with Crippen molar-refractivity contribution in [3.63, 3.8) is 0 Å². The molecule has 0 atom stereocenters. The van der Waals surface area contributed by atoms with Crippen molar-refractivity contribution in [3.8, 4) is 0 Å². The lowest BCUT2D eigenvalue weighted by Crippen LogP contribution is -2.07. The van der Waals surface area contributed by atoms with Crippen LogP contribution in [0.25, 0.3) is 0 Å². The van der Waals surface area contributed by atoms with Gasteiger partial charge in [-0.3, -0.25) is 0 Å².